The van der Waals surface area contributed by atoms with Crippen molar-refractivity contribution in [3.63, 3.8) is 0 Å². The van der Waals surface area contributed by atoms with E-state index in [1.54, 1.807) is 19.5 Å². The Balaban J connectivity index is 2.41. The van der Waals surface area contributed by atoms with Crippen LogP contribution in [0.15, 0.2) is 42.7 Å². The van der Waals surface area contributed by atoms with Gasteiger partial charge in [0.15, 0.2) is 0 Å². The maximum absolute atomic E-state index is 5.44. The molecule has 0 saturated carbocycles. The van der Waals surface area contributed by atoms with Gasteiger partial charge >= 0.3 is 0 Å². The summed E-state index contributed by atoms with van der Waals surface area (Å²) in [7, 11) is 1.67. The van der Waals surface area contributed by atoms with E-state index in [0.29, 0.717) is 0 Å². The number of benzene rings is 1. The lowest BCUT2D eigenvalue weighted by Crippen LogP contribution is -2.03. The lowest BCUT2D eigenvalue weighted by Gasteiger charge is -2.12. The van der Waals surface area contributed by atoms with Crippen LogP contribution in [0.3, 0.4) is 0 Å². The summed E-state index contributed by atoms with van der Waals surface area (Å²) in [6, 6.07) is 9.79. The number of fused-ring (bicyclic) bond motifs is 1. The molecule has 18 heavy (non-hydrogen) atoms. The summed E-state index contributed by atoms with van der Waals surface area (Å²) in [5.74, 6) is 0.794. The standard InChI is InChI=1S/C14H13N3O/c1-10-7-9-16-17(10)14-11-4-3-8-15-12(11)5-6-13(14)18-2/h3-9H,1-2H3. The Morgan fingerprint density at radius 3 is 2.72 bits per heavy atom. The molecule has 0 aliphatic carbocycles. The lowest BCUT2D eigenvalue weighted by molar-refractivity contribution is 0.412. The third kappa shape index (κ3) is 1.54. The van der Waals surface area contributed by atoms with E-state index < -0.39 is 0 Å². The van der Waals surface area contributed by atoms with E-state index in [-0.39, 0.29) is 0 Å². The van der Waals surface area contributed by atoms with Crippen molar-refractivity contribution in [1.82, 2.24) is 14.8 Å². The number of hydrogen-bond acceptors (Lipinski definition) is 3. The Labute approximate surface area is 105 Å². The second kappa shape index (κ2) is 4.14. The summed E-state index contributed by atoms with van der Waals surface area (Å²) in [4.78, 5) is 4.36. The van der Waals surface area contributed by atoms with Crippen LogP contribution >= 0.6 is 0 Å². The van der Waals surface area contributed by atoms with Gasteiger partial charge in [0.05, 0.1) is 12.6 Å². The predicted octanol–water partition coefficient (Wildman–Crippen LogP) is 2.74. The molecule has 0 bridgehead atoms. The minimum Gasteiger partial charge on any atom is -0.494 e. The number of ether oxygens (including phenoxy) is 1. The van der Waals surface area contributed by atoms with Crippen molar-refractivity contribution in [2.45, 2.75) is 6.92 Å². The van der Waals surface area contributed by atoms with E-state index >= 15 is 0 Å². The average molecular weight is 239 g/mol. The van der Waals surface area contributed by atoms with Crippen LogP contribution in [0, 0.1) is 6.92 Å². The smallest absolute Gasteiger partial charge is 0.145 e. The van der Waals surface area contributed by atoms with Crippen LogP contribution in [0.5, 0.6) is 5.75 Å². The normalized spacial score (nSPS) is 10.8. The molecular formula is C14H13N3O. The lowest BCUT2D eigenvalue weighted by atomic mass is 10.1. The largest absolute Gasteiger partial charge is 0.494 e. The molecule has 0 radical (unpaired) electrons. The van der Waals surface area contributed by atoms with Crippen molar-refractivity contribution in [3.8, 4) is 11.4 Å². The van der Waals surface area contributed by atoms with Crippen LogP contribution in [-0.4, -0.2) is 21.9 Å². The number of rotatable bonds is 2. The second-order valence-electron chi connectivity index (χ2n) is 4.07. The van der Waals surface area contributed by atoms with Gasteiger partial charge in [0, 0.05) is 23.5 Å². The Kier molecular flexibility index (Phi) is 2.48. The minimum absolute atomic E-state index is 0.794. The molecule has 2 heterocycles. The van der Waals surface area contributed by atoms with Gasteiger partial charge < -0.3 is 4.74 Å². The first-order valence-electron chi connectivity index (χ1n) is 5.74. The quantitative estimate of drug-likeness (QED) is 0.690. The third-order valence-corrected chi connectivity index (χ3v) is 2.98. The topological polar surface area (TPSA) is 39.9 Å². The van der Waals surface area contributed by atoms with Gasteiger partial charge in [-0.25, -0.2) is 4.68 Å². The van der Waals surface area contributed by atoms with Gasteiger partial charge in [-0.15, -0.1) is 0 Å². The zero-order valence-electron chi connectivity index (χ0n) is 10.3. The van der Waals surface area contributed by atoms with Gasteiger partial charge in [0.2, 0.25) is 0 Å². The van der Waals surface area contributed by atoms with E-state index in [9.17, 15) is 0 Å². The number of nitrogens with zero attached hydrogens (tertiary/aromatic N) is 3. The highest BCUT2D eigenvalue weighted by Crippen LogP contribution is 2.30. The van der Waals surface area contributed by atoms with Crippen LogP contribution in [-0.2, 0) is 0 Å². The number of hydrogen-bond donors (Lipinski definition) is 0. The molecule has 3 aromatic rings. The molecule has 90 valence electrons. The van der Waals surface area contributed by atoms with E-state index in [2.05, 4.69) is 10.1 Å². The maximum Gasteiger partial charge on any atom is 0.145 e. The van der Waals surface area contributed by atoms with E-state index in [4.69, 9.17) is 4.74 Å². The Hall–Kier alpha value is -2.36. The van der Waals surface area contributed by atoms with Crippen molar-refractivity contribution < 1.29 is 4.74 Å². The molecule has 4 heteroatoms. The van der Waals surface area contributed by atoms with Crippen LogP contribution in [0.2, 0.25) is 0 Å². The molecule has 0 unspecified atom stereocenters. The fraction of sp³-hybridized carbons (Fsp3) is 0.143. The minimum atomic E-state index is 0.794. The van der Waals surface area contributed by atoms with Crippen molar-refractivity contribution in [2.75, 3.05) is 7.11 Å². The summed E-state index contributed by atoms with van der Waals surface area (Å²) >= 11 is 0. The Morgan fingerprint density at radius 2 is 2.00 bits per heavy atom. The highest BCUT2D eigenvalue weighted by Gasteiger charge is 2.12. The zero-order chi connectivity index (χ0) is 12.5. The van der Waals surface area contributed by atoms with Gasteiger partial charge in [-0.1, -0.05) is 0 Å². The first-order valence-corrected chi connectivity index (χ1v) is 5.74. The SMILES string of the molecule is COc1ccc2ncccc2c1-n1nccc1C. The highest BCUT2D eigenvalue weighted by atomic mass is 16.5. The summed E-state index contributed by atoms with van der Waals surface area (Å²) in [5, 5.41) is 5.38. The molecular weight excluding hydrogens is 226 g/mol. The highest BCUT2D eigenvalue weighted by molar-refractivity contribution is 5.90. The van der Waals surface area contributed by atoms with Crippen LogP contribution in [0.1, 0.15) is 5.69 Å². The second-order valence-corrected chi connectivity index (χ2v) is 4.07. The first kappa shape index (κ1) is 10.8. The molecule has 1 aromatic carbocycles. The van der Waals surface area contributed by atoms with Crippen molar-refractivity contribution >= 4 is 10.9 Å². The maximum atomic E-state index is 5.44. The summed E-state index contributed by atoms with van der Waals surface area (Å²) in [6.45, 7) is 2.02. The van der Waals surface area contributed by atoms with Crippen LogP contribution in [0.25, 0.3) is 16.6 Å². The molecule has 2 aromatic heterocycles. The molecule has 0 aliphatic rings. The van der Waals surface area contributed by atoms with Crippen LogP contribution < -0.4 is 4.74 Å². The average Bonchev–Trinajstić information content (AvgIpc) is 2.83. The van der Waals surface area contributed by atoms with Gasteiger partial charge in [-0.3, -0.25) is 4.98 Å². The summed E-state index contributed by atoms with van der Waals surface area (Å²) in [5.41, 5.74) is 2.93. The molecule has 0 aliphatic heterocycles. The summed E-state index contributed by atoms with van der Waals surface area (Å²) in [6.07, 6.45) is 3.57. The first-order chi connectivity index (χ1) is 8.81. The molecule has 0 spiro atoms. The van der Waals surface area contributed by atoms with Gasteiger partial charge in [-0.2, -0.15) is 5.10 Å². The molecule has 0 fully saturated rings. The molecule has 3 rings (SSSR count). The van der Waals surface area contributed by atoms with Gasteiger partial charge in [-0.05, 0) is 37.3 Å². The molecule has 0 N–H and O–H groups in total. The fourth-order valence-electron chi connectivity index (χ4n) is 2.10. The van der Waals surface area contributed by atoms with E-state index in [0.717, 1.165) is 28.0 Å². The predicted molar refractivity (Wildman–Crippen MR) is 70.2 cm³/mol. The number of aromatic nitrogens is 3. The monoisotopic (exact) mass is 239 g/mol. The number of aryl methyl sites for hydroxylation is 1. The summed E-state index contributed by atoms with van der Waals surface area (Å²) < 4.78 is 7.32. The number of pyridine rings is 1. The molecule has 0 amide bonds. The Bertz CT molecular complexity index is 703. The molecule has 0 saturated heterocycles. The molecule has 4 nitrogen and oxygen atoms in total. The zero-order valence-corrected chi connectivity index (χ0v) is 10.3. The van der Waals surface area contributed by atoms with Crippen molar-refractivity contribution in [2.24, 2.45) is 0 Å². The van der Waals surface area contributed by atoms with Crippen molar-refractivity contribution in [1.29, 1.82) is 0 Å². The number of methoxy groups -OCH3 is 1. The van der Waals surface area contributed by atoms with Crippen LogP contribution in [0.4, 0.5) is 0 Å². The fourth-order valence-corrected chi connectivity index (χ4v) is 2.10. The third-order valence-electron chi connectivity index (χ3n) is 2.98. The Morgan fingerprint density at radius 1 is 1.11 bits per heavy atom. The van der Waals surface area contributed by atoms with Gasteiger partial charge in [0.25, 0.3) is 0 Å². The molecule has 0 atom stereocenters. The van der Waals surface area contributed by atoms with E-state index in [1.807, 2.05) is 41.9 Å². The van der Waals surface area contributed by atoms with E-state index in [1.165, 1.54) is 0 Å². The van der Waals surface area contributed by atoms with Crippen molar-refractivity contribution in [3.05, 3.63) is 48.4 Å². The van der Waals surface area contributed by atoms with Gasteiger partial charge in [0.1, 0.15) is 11.4 Å².